The first-order valence-corrected chi connectivity index (χ1v) is 6.76. The Bertz CT molecular complexity index is 633. The molecule has 1 heterocycles. The number of nitrogens with one attached hydrogen (secondary N) is 2. The van der Waals surface area contributed by atoms with E-state index in [4.69, 9.17) is 0 Å². The molecule has 0 fully saturated rings. The summed E-state index contributed by atoms with van der Waals surface area (Å²) in [4.78, 5) is 4.16. The predicted octanol–water partition coefficient (Wildman–Crippen LogP) is 1.73. The number of hydrogen-bond donors (Lipinski definition) is 2. The largest absolute Gasteiger partial charge is 0.352 e. The van der Waals surface area contributed by atoms with E-state index < -0.39 is 0 Å². The molecule has 0 unspecified atom stereocenters. The van der Waals surface area contributed by atoms with E-state index in [1.165, 1.54) is 6.07 Å². The van der Waals surface area contributed by atoms with Gasteiger partial charge in [0.1, 0.15) is 5.82 Å². The van der Waals surface area contributed by atoms with Crippen molar-refractivity contribution in [3.05, 3.63) is 53.1 Å². The molecule has 21 heavy (non-hydrogen) atoms. The summed E-state index contributed by atoms with van der Waals surface area (Å²) >= 11 is 0. The van der Waals surface area contributed by atoms with Gasteiger partial charge in [-0.3, -0.25) is 9.67 Å². The molecule has 5 nitrogen and oxygen atoms in total. The monoisotopic (exact) mass is 289 g/mol. The van der Waals surface area contributed by atoms with Crippen LogP contribution < -0.4 is 10.6 Å². The molecule has 2 aromatic rings. The van der Waals surface area contributed by atoms with E-state index in [-0.39, 0.29) is 5.82 Å². The summed E-state index contributed by atoms with van der Waals surface area (Å²) in [5.41, 5.74) is 2.72. The van der Waals surface area contributed by atoms with Crippen LogP contribution in [-0.4, -0.2) is 22.8 Å². The Hall–Kier alpha value is -2.37. The van der Waals surface area contributed by atoms with Crippen molar-refractivity contribution in [1.29, 1.82) is 0 Å². The van der Waals surface area contributed by atoms with Crippen LogP contribution in [0.5, 0.6) is 0 Å². The summed E-state index contributed by atoms with van der Waals surface area (Å²) in [5.74, 6) is 0.510. The van der Waals surface area contributed by atoms with E-state index in [2.05, 4.69) is 20.7 Å². The molecule has 0 aliphatic rings. The Morgan fingerprint density at radius 1 is 1.29 bits per heavy atom. The third-order valence-electron chi connectivity index (χ3n) is 3.27. The average molecular weight is 289 g/mol. The highest BCUT2D eigenvalue weighted by atomic mass is 19.1. The number of rotatable bonds is 4. The van der Waals surface area contributed by atoms with Gasteiger partial charge in [0.15, 0.2) is 5.96 Å². The van der Waals surface area contributed by atoms with Crippen LogP contribution in [0.25, 0.3) is 0 Å². The first kappa shape index (κ1) is 15.0. The van der Waals surface area contributed by atoms with Crippen LogP contribution in [0.4, 0.5) is 4.39 Å². The first-order valence-electron chi connectivity index (χ1n) is 6.76. The molecule has 0 aliphatic carbocycles. The summed E-state index contributed by atoms with van der Waals surface area (Å²) in [6.45, 7) is 2.99. The Morgan fingerprint density at radius 3 is 2.67 bits per heavy atom. The van der Waals surface area contributed by atoms with E-state index in [1.54, 1.807) is 26.2 Å². The maximum absolute atomic E-state index is 13.2. The molecule has 2 rings (SSSR count). The van der Waals surface area contributed by atoms with Gasteiger partial charge in [0.2, 0.25) is 0 Å². The molecule has 112 valence electrons. The Balaban J connectivity index is 1.88. The fourth-order valence-corrected chi connectivity index (χ4v) is 1.97. The summed E-state index contributed by atoms with van der Waals surface area (Å²) in [7, 11) is 3.61. The van der Waals surface area contributed by atoms with Crippen molar-refractivity contribution in [2.45, 2.75) is 20.0 Å². The fourth-order valence-electron chi connectivity index (χ4n) is 1.97. The van der Waals surface area contributed by atoms with Gasteiger partial charge >= 0.3 is 0 Å². The second-order valence-corrected chi connectivity index (χ2v) is 4.81. The van der Waals surface area contributed by atoms with Crippen LogP contribution in [0.3, 0.4) is 0 Å². The van der Waals surface area contributed by atoms with Crippen molar-refractivity contribution in [3.63, 3.8) is 0 Å². The van der Waals surface area contributed by atoms with Gasteiger partial charge in [0, 0.05) is 26.8 Å². The van der Waals surface area contributed by atoms with Crippen molar-refractivity contribution in [2.75, 3.05) is 7.05 Å². The minimum absolute atomic E-state index is 0.183. The molecule has 0 spiro atoms. The Kier molecular flexibility index (Phi) is 4.92. The van der Waals surface area contributed by atoms with Gasteiger partial charge in [0.25, 0.3) is 0 Å². The topological polar surface area (TPSA) is 54.2 Å². The number of aryl methyl sites for hydroxylation is 2. The van der Waals surface area contributed by atoms with E-state index in [0.29, 0.717) is 24.6 Å². The van der Waals surface area contributed by atoms with Gasteiger partial charge in [0.05, 0.1) is 12.2 Å². The number of guanidine groups is 1. The zero-order valence-corrected chi connectivity index (χ0v) is 12.5. The second kappa shape index (κ2) is 6.88. The zero-order chi connectivity index (χ0) is 15.2. The van der Waals surface area contributed by atoms with Gasteiger partial charge in [-0.05, 0) is 30.2 Å². The number of hydrogen-bond acceptors (Lipinski definition) is 2. The average Bonchev–Trinajstić information content (AvgIpc) is 2.88. The molecule has 0 bridgehead atoms. The molecule has 0 saturated carbocycles. The first-order chi connectivity index (χ1) is 10.1. The summed E-state index contributed by atoms with van der Waals surface area (Å²) in [6.07, 6.45) is 1.76. The number of aromatic nitrogens is 2. The van der Waals surface area contributed by atoms with E-state index in [0.717, 1.165) is 11.3 Å². The highest BCUT2D eigenvalue weighted by Crippen LogP contribution is 2.08. The molecule has 0 amide bonds. The lowest BCUT2D eigenvalue weighted by Gasteiger charge is -2.12. The smallest absolute Gasteiger partial charge is 0.191 e. The third-order valence-corrected chi connectivity index (χ3v) is 3.27. The Morgan fingerprint density at radius 2 is 2.05 bits per heavy atom. The number of aliphatic imine (C=N–C) groups is 1. The SMILES string of the molecule is CN=C(NCc1ccc(F)c(C)c1)NCc1ccnn1C. The predicted molar refractivity (Wildman–Crippen MR) is 81.4 cm³/mol. The quantitative estimate of drug-likeness (QED) is 0.666. The number of halogens is 1. The second-order valence-electron chi connectivity index (χ2n) is 4.81. The van der Waals surface area contributed by atoms with Gasteiger partial charge < -0.3 is 10.6 Å². The lowest BCUT2D eigenvalue weighted by molar-refractivity contribution is 0.617. The molecule has 1 aromatic heterocycles. The highest BCUT2D eigenvalue weighted by Gasteiger charge is 2.03. The van der Waals surface area contributed by atoms with Crippen molar-refractivity contribution >= 4 is 5.96 Å². The molecule has 1 aromatic carbocycles. The molecular weight excluding hydrogens is 269 g/mol. The lowest BCUT2D eigenvalue weighted by atomic mass is 10.1. The minimum Gasteiger partial charge on any atom is -0.352 e. The van der Waals surface area contributed by atoms with Crippen LogP contribution in [0.2, 0.25) is 0 Å². The molecular formula is C15H20FN5. The van der Waals surface area contributed by atoms with Crippen LogP contribution in [0.15, 0.2) is 35.5 Å². The molecule has 0 aliphatic heterocycles. The number of nitrogens with zero attached hydrogens (tertiary/aromatic N) is 3. The maximum atomic E-state index is 13.2. The van der Waals surface area contributed by atoms with Crippen molar-refractivity contribution in [2.24, 2.45) is 12.0 Å². The van der Waals surface area contributed by atoms with Gasteiger partial charge in [-0.2, -0.15) is 5.10 Å². The Labute approximate surface area is 123 Å². The van der Waals surface area contributed by atoms with Crippen molar-refractivity contribution in [3.8, 4) is 0 Å². The van der Waals surface area contributed by atoms with Gasteiger partial charge in [-0.25, -0.2) is 4.39 Å². The lowest BCUT2D eigenvalue weighted by Crippen LogP contribution is -2.36. The molecule has 0 atom stereocenters. The number of benzene rings is 1. The maximum Gasteiger partial charge on any atom is 0.191 e. The van der Waals surface area contributed by atoms with Gasteiger partial charge in [-0.1, -0.05) is 12.1 Å². The van der Waals surface area contributed by atoms with Crippen molar-refractivity contribution < 1.29 is 4.39 Å². The van der Waals surface area contributed by atoms with Gasteiger partial charge in [-0.15, -0.1) is 0 Å². The standard InChI is InChI=1S/C15H20FN5/c1-11-8-12(4-5-14(11)16)9-18-15(17-2)19-10-13-6-7-20-21(13)3/h4-8H,9-10H2,1-3H3,(H2,17,18,19). The van der Waals surface area contributed by atoms with Crippen LogP contribution in [0.1, 0.15) is 16.8 Å². The fraction of sp³-hybridized carbons (Fsp3) is 0.333. The van der Waals surface area contributed by atoms with Crippen LogP contribution >= 0.6 is 0 Å². The highest BCUT2D eigenvalue weighted by molar-refractivity contribution is 5.79. The van der Waals surface area contributed by atoms with Crippen LogP contribution in [0, 0.1) is 12.7 Å². The summed E-state index contributed by atoms with van der Waals surface area (Å²) < 4.78 is 15.0. The normalized spacial score (nSPS) is 11.5. The van der Waals surface area contributed by atoms with E-state index >= 15 is 0 Å². The molecule has 0 saturated heterocycles. The van der Waals surface area contributed by atoms with Crippen molar-refractivity contribution in [1.82, 2.24) is 20.4 Å². The van der Waals surface area contributed by atoms with Crippen LogP contribution in [-0.2, 0) is 20.1 Å². The zero-order valence-electron chi connectivity index (χ0n) is 12.5. The molecule has 6 heteroatoms. The van der Waals surface area contributed by atoms with E-state index in [1.807, 2.05) is 23.9 Å². The summed E-state index contributed by atoms with van der Waals surface area (Å²) in [6, 6.07) is 7.03. The summed E-state index contributed by atoms with van der Waals surface area (Å²) in [5, 5.41) is 10.5. The molecule has 0 radical (unpaired) electrons. The molecule has 2 N–H and O–H groups in total. The van der Waals surface area contributed by atoms with E-state index in [9.17, 15) is 4.39 Å². The third kappa shape index (κ3) is 4.05. The minimum atomic E-state index is -0.183.